The number of hydrogen-bond donors (Lipinski definition) is 0. The molecular formula is C12H21NO3. The van der Waals surface area contributed by atoms with E-state index in [0.29, 0.717) is 19.4 Å². The number of hydrogen-bond acceptors (Lipinski definition) is 3. The molecule has 4 heteroatoms. The van der Waals surface area contributed by atoms with Gasteiger partial charge >= 0.3 is 0 Å². The highest BCUT2D eigenvalue weighted by Gasteiger charge is 2.29. The van der Waals surface area contributed by atoms with Crippen molar-refractivity contribution in [3.8, 4) is 0 Å². The van der Waals surface area contributed by atoms with E-state index in [9.17, 15) is 9.59 Å². The van der Waals surface area contributed by atoms with Gasteiger partial charge in [0.05, 0.1) is 6.61 Å². The lowest BCUT2D eigenvalue weighted by Crippen LogP contribution is -2.29. The van der Waals surface area contributed by atoms with Gasteiger partial charge in [0, 0.05) is 12.8 Å². The number of amides is 2. The van der Waals surface area contributed by atoms with E-state index in [-0.39, 0.29) is 11.8 Å². The van der Waals surface area contributed by atoms with E-state index in [4.69, 9.17) is 4.84 Å². The minimum absolute atomic E-state index is 0.198. The summed E-state index contributed by atoms with van der Waals surface area (Å²) in [7, 11) is 0. The van der Waals surface area contributed by atoms with E-state index < -0.39 is 0 Å². The molecule has 1 fully saturated rings. The standard InChI is InChI=1S/C12H21NO3/c1-2-3-4-5-6-7-10-16-13-11(14)8-9-12(13)15/h2-10H2,1H3. The zero-order valence-electron chi connectivity index (χ0n) is 10.0. The summed E-state index contributed by atoms with van der Waals surface area (Å²) in [5.74, 6) is -0.396. The van der Waals surface area contributed by atoms with Gasteiger partial charge in [-0.3, -0.25) is 14.4 Å². The first-order chi connectivity index (χ1) is 7.75. The van der Waals surface area contributed by atoms with Crippen molar-refractivity contribution in [1.29, 1.82) is 0 Å². The lowest BCUT2D eigenvalue weighted by Gasteiger charge is -2.12. The molecule has 1 heterocycles. The summed E-state index contributed by atoms with van der Waals surface area (Å²) >= 11 is 0. The maximum absolute atomic E-state index is 11.2. The van der Waals surface area contributed by atoms with Gasteiger partial charge in [-0.2, -0.15) is 5.06 Å². The minimum Gasteiger partial charge on any atom is -0.272 e. The molecule has 0 aliphatic carbocycles. The van der Waals surface area contributed by atoms with E-state index in [1.54, 1.807) is 0 Å². The fourth-order valence-electron chi connectivity index (χ4n) is 1.74. The molecule has 0 spiro atoms. The molecule has 0 saturated carbocycles. The van der Waals surface area contributed by atoms with Crippen molar-refractivity contribution in [1.82, 2.24) is 5.06 Å². The molecule has 1 rings (SSSR count). The van der Waals surface area contributed by atoms with Crippen LogP contribution in [0.25, 0.3) is 0 Å². The second-order valence-corrected chi connectivity index (χ2v) is 4.18. The Balaban J connectivity index is 1.98. The number of hydroxylamine groups is 2. The van der Waals surface area contributed by atoms with Gasteiger partial charge in [0.25, 0.3) is 11.8 Å². The second kappa shape index (κ2) is 7.39. The Morgan fingerprint density at radius 1 is 1.00 bits per heavy atom. The molecular weight excluding hydrogens is 206 g/mol. The number of rotatable bonds is 8. The predicted molar refractivity (Wildman–Crippen MR) is 60.4 cm³/mol. The Labute approximate surface area is 96.9 Å². The fraction of sp³-hybridized carbons (Fsp3) is 0.833. The first-order valence-electron chi connectivity index (χ1n) is 6.24. The minimum atomic E-state index is -0.198. The first-order valence-corrected chi connectivity index (χ1v) is 6.24. The van der Waals surface area contributed by atoms with E-state index in [0.717, 1.165) is 17.9 Å². The fourth-order valence-corrected chi connectivity index (χ4v) is 1.74. The lowest BCUT2D eigenvalue weighted by atomic mass is 10.1. The Hall–Kier alpha value is -0.900. The summed E-state index contributed by atoms with van der Waals surface area (Å²) in [5.41, 5.74) is 0. The van der Waals surface area contributed by atoms with Gasteiger partial charge in [-0.05, 0) is 6.42 Å². The van der Waals surface area contributed by atoms with Crippen LogP contribution >= 0.6 is 0 Å². The van der Waals surface area contributed by atoms with Crippen LogP contribution < -0.4 is 0 Å². The maximum atomic E-state index is 11.2. The summed E-state index contributed by atoms with van der Waals surface area (Å²) in [6, 6.07) is 0. The van der Waals surface area contributed by atoms with Gasteiger partial charge in [0.1, 0.15) is 0 Å². The first kappa shape index (κ1) is 13.2. The third-order valence-electron chi connectivity index (χ3n) is 2.72. The van der Waals surface area contributed by atoms with Crippen LogP contribution in [-0.2, 0) is 14.4 Å². The van der Waals surface area contributed by atoms with Crippen LogP contribution in [0.1, 0.15) is 58.3 Å². The molecule has 92 valence electrons. The van der Waals surface area contributed by atoms with Crippen LogP contribution in [-0.4, -0.2) is 23.5 Å². The third kappa shape index (κ3) is 4.31. The molecule has 1 aliphatic heterocycles. The quantitative estimate of drug-likeness (QED) is 0.472. The normalized spacial score (nSPS) is 16.2. The maximum Gasteiger partial charge on any atom is 0.253 e. The summed E-state index contributed by atoms with van der Waals surface area (Å²) < 4.78 is 0. The zero-order chi connectivity index (χ0) is 11.8. The molecule has 0 N–H and O–H groups in total. The molecule has 0 bridgehead atoms. The van der Waals surface area contributed by atoms with Crippen molar-refractivity contribution in [2.45, 2.75) is 58.3 Å². The second-order valence-electron chi connectivity index (χ2n) is 4.18. The van der Waals surface area contributed by atoms with Crippen molar-refractivity contribution in [3.05, 3.63) is 0 Å². The SMILES string of the molecule is CCCCCCCCON1C(=O)CCC1=O. The van der Waals surface area contributed by atoms with Crippen LogP contribution in [0, 0.1) is 0 Å². The molecule has 0 aromatic carbocycles. The number of carbonyl (C=O) groups excluding carboxylic acids is 2. The van der Waals surface area contributed by atoms with Gasteiger partial charge in [0.2, 0.25) is 0 Å². The monoisotopic (exact) mass is 227 g/mol. The third-order valence-corrected chi connectivity index (χ3v) is 2.72. The van der Waals surface area contributed by atoms with Crippen LogP contribution in [0.3, 0.4) is 0 Å². The molecule has 0 unspecified atom stereocenters. The molecule has 1 aliphatic rings. The lowest BCUT2D eigenvalue weighted by molar-refractivity contribution is -0.187. The van der Waals surface area contributed by atoms with E-state index >= 15 is 0 Å². The molecule has 4 nitrogen and oxygen atoms in total. The van der Waals surface area contributed by atoms with Crippen LogP contribution in [0.15, 0.2) is 0 Å². The summed E-state index contributed by atoms with van der Waals surface area (Å²) in [4.78, 5) is 27.5. The largest absolute Gasteiger partial charge is 0.272 e. The smallest absolute Gasteiger partial charge is 0.253 e. The highest BCUT2D eigenvalue weighted by atomic mass is 16.7. The summed E-state index contributed by atoms with van der Waals surface area (Å²) in [6.45, 7) is 2.66. The van der Waals surface area contributed by atoms with Crippen LogP contribution in [0.2, 0.25) is 0 Å². The highest BCUT2D eigenvalue weighted by molar-refractivity contribution is 6.00. The number of carbonyl (C=O) groups is 2. The Kier molecular flexibility index (Phi) is 6.08. The molecule has 2 amide bonds. The van der Waals surface area contributed by atoms with E-state index in [1.807, 2.05) is 0 Å². The van der Waals surface area contributed by atoms with Gasteiger partial charge in [0.15, 0.2) is 0 Å². The number of nitrogens with zero attached hydrogens (tertiary/aromatic N) is 1. The van der Waals surface area contributed by atoms with Crippen LogP contribution in [0.5, 0.6) is 0 Å². The van der Waals surface area contributed by atoms with Crippen molar-refractivity contribution < 1.29 is 14.4 Å². The number of unbranched alkanes of at least 4 members (excludes halogenated alkanes) is 5. The average Bonchev–Trinajstić information content (AvgIpc) is 2.59. The zero-order valence-corrected chi connectivity index (χ0v) is 10.0. The summed E-state index contributed by atoms with van der Waals surface area (Å²) in [6.07, 6.45) is 7.62. The van der Waals surface area contributed by atoms with Crippen molar-refractivity contribution >= 4 is 11.8 Å². The molecule has 0 atom stereocenters. The Morgan fingerprint density at radius 2 is 1.56 bits per heavy atom. The molecule has 0 radical (unpaired) electrons. The highest BCUT2D eigenvalue weighted by Crippen LogP contribution is 2.13. The molecule has 0 aromatic rings. The predicted octanol–water partition coefficient (Wildman–Crippen LogP) is 2.43. The van der Waals surface area contributed by atoms with Crippen molar-refractivity contribution in [3.63, 3.8) is 0 Å². The molecule has 1 saturated heterocycles. The van der Waals surface area contributed by atoms with Crippen molar-refractivity contribution in [2.24, 2.45) is 0 Å². The van der Waals surface area contributed by atoms with Crippen molar-refractivity contribution in [2.75, 3.05) is 6.61 Å². The Morgan fingerprint density at radius 3 is 2.19 bits per heavy atom. The van der Waals surface area contributed by atoms with E-state index in [1.165, 1.54) is 25.7 Å². The summed E-state index contributed by atoms with van der Waals surface area (Å²) in [5, 5.41) is 0.937. The Bertz CT molecular complexity index is 224. The van der Waals surface area contributed by atoms with E-state index in [2.05, 4.69) is 6.92 Å². The van der Waals surface area contributed by atoms with Gasteiger partial charge in [-0.15, -0.1) is 0 Å². The number of imide groups is 1. The van der Waals surface area contributed by atoms with Gasteiger partial charge in [-0.1, -0.05) is 39.0 Å². The van der Waals surface area contributed by atoms with Gasteiger partial charge in [-0.25, -0.2) is 0 Å². The molecule has 16 heavy (non-hydrogen) atoms. The average molecular weight is 227 g/mol. The topological polar surface area (TPSA) is 46.6 Å². The van der Waals surface area contributed by atoms with Gasteiger partial charge < -0.3 is 0 Å². The van der Waals surface area contributed by atoms with Crippen LogP contribution in [0.4, 0.5) is 0 Å². The molecule has 0 aromatic heterocycles.